The first-order chi connectivity index (χ1) is 5.16. The molecule has 1 heteroatoms. The Bertz CT molecular complexity index is 158. The quantitative estimate of drug-likeness (QED) is 0.425. The molecule has 1 atom stereocenters. The minimum Gasteiger partial charge on any atom is -0.0861 e. The summed E-state index contributed by atoms with van der Waals surface area (Å²) in [5, 5.41) is 0. The van der Waals surface area contributed by atoms with Crippen molar-refractivity contribution in [3.8, 4) is 0 Å². The highest BCUT2D eigenvalue weighted by molar-refractivity contribution is 6.62. The molecule has 0 nitrogen and oxygen atoms in total. The Balaban J connectivity index is 2.50. The van der Waals surface area contributed by atoms with Gasteiger partial charge in [0, 0.05) is 0 Å². The van der Waals surface area contributed by atoms with Gasteiger partial charge in [-0.1, -0.05) is 44.6 Å². The lowest BCUT2D eigenvalue weighted by atomic mass is 9.30. The molecular weight excluding hydrogens is 131 g/mol. The van der Waals surface area contributed by atoms with Crippen molar-refractivity contribution in [2.45, 2.75) is 52.1 Å². The largest absolute Gasteiger partial charge is 0.150 e. The van der Waals surface area contributed by atoms with Crippen LogP contribution >= 0.6 is 0 Å². The van der Waals surface area contributed by atoms with Crippen molar-refractivity contribution < 1.29 is 0 Å². The molecule has 0 heterocycles. The van der Waals surface area contributed by atoms with Crippen LogP contribution in [0.5, 0.6) is 0 Å². The monoisotopic (exact) mass is 150 g/mol. The van der Waals surface area contributed by atoms with Crippen LogP contribution in [-0.2, 0) is 0 Å². The zero-order chi connectivity index (χ0) is 8.43. The molecule has 1 aliphatic carbocycles. The lowest BCUT2D eigenvalue weighted by Gasteiger charge is -2.32. The smallest absolute Gasteiger partial charge is 0.0861 e. The molecule has 1 rings (SSSR count). The van der Waals surface area contributed by atoms with Crippen LogP contribution in [-0.4, -0.2) is 6.71 Å². The second kappa shape index (κ2) is 3.47. The van der Waals surface area contributed by atoms with Crippen molar-refractivity contribution in [2.75, 3.05) is 0 Å². The van der Waals surface area contributed by atoms with Crippen molar-refractivity contribution in [1.29, 1.82) is 0 Å². The van der Waals surface area contributed by atoms with Gasteiger partial charge in [0.15, 0.2) is 6.71 Å². The molecule has 1 unspecified atom stereocenters. The summed E-state index contributed by atoms with van der Waals surface area (Å²) in [6.07, 6.45) is 5.05. The van der Waals surface area contributed by atoms with E-state index in [0.717, 1.165) is 18.3 Å². The number of hydrogen-bond donors (Lipinski definition) is 0. The van der Waals surface area contributed by atoms with Crippen molar-refractivity contribution in [3.05, 3.63) is 11.6 Å². The average Bonchev–Trinajstić information content (AvgIpc) is 1.96. The molecule has 0 aliphatic heterocycles. The first-order valence-corrected chi connectivity index (χ1v) is 4.83. The van der Waals surface area contributed by atoms with E-state index in [1.54, 1.807) is 5.57 Å². The van der Waals surface area contributed by atoms with Gasteiger partial charge in [0.05, 0.1) is 0 Å². The zero-order valence-electron chi connectivity index (χ0n) is 8.22. The molecule has 0 saturated heterocycles. The highest BCUT2D eigenvalue weighted by Gasteiger charge is 2.30. The SMILES string of the molecule is CCB(C(C)C)C1CC=C1C. The Morgan fingerprint density at radius 2 is 2.27 bits per heavy atom. The standard InChI is InChI=1S/C10H19B/c1-5-11(8(2)3)10-7-6-9(10)4/h6,8,10H,5,7H2,1-4H3. The van der Waals surface area contributed by atoms with Crippen molar-refractivity contribution in [1.82, 2.24) is 0 Å². The fourth-order valence-electron chi connectivity index (χ4n) is 2.22. The second-order valence-electron chi connectivity index (χ2n) is 4.11. The predicted molar refractivity (Wildman–Crippen MR) is 53.5 cm³/mol. The Morgan fingerprint density at radius 3 is 2.36 bits per heavy atom. The van der Waals surface area contributed by atoms with Gasteiger partial charge >= 0.3 is 0 Å². The zero-order valence-corrected chi connectivity index (χ0v) is 8.22. The van der Waals surface area contributed by atoms with Crippen LogP contribution in [0.2, 0.25) is 18.0 Å². The molecule has 0 amide bonds. The first-order valence-electron chi connectivity index (χ1n) is 4.83. The summed E-state index contributed by atoms with van der Waals surface area (Å²) < 4.78 is 0. The van der Waals surface area contributed by atoms with Gasteiger partial charge in [0.1, 0.15) is 0 Å². The van der Waals surface area contributed by atoms with Crippen molar-refractivity contribution in [2.24, 2.45) is 0 Å². The molecular formula is C10H19B. The van der Waals surface area contributed by atoms with Gasteiger partial charge in [-0.3, -0.25) is 0 Å². The summed E-state index contributed by atoms with van der Waals surface area (Å²) in [5.74, 6) is 1.77. The summed E-state index contributed by atoms with van der Waals surface area (Å²) in [4.78, 5) is 0. The van der Waals surface area contributed by atoms with E-state index < -0.39 is 0 Å². The van der Waals surface area contributed by atoms with Gasteiger partial charge in [-0.15, -0.1) is 0 Å². The van der Waals surface area contributed by atoms with Crippen LogP contribution in [0.15, 0.2) is 11.6 Å². The molecule has 0 bridgehead atoms. The van der Waals surface area contributed by atoms with E-state index in [1.807, 2.05) is 0 Å². The van der Waals surface area contributed by atoms with E-state index in [1.165, 1.54) is 12.7 Å². The third-order valence-corrected chi connectivity index (χ3v) is 3.12. The minimum atomic E-state index is 0.855. The average molecular weight is 150 g/mol. The van der Waals surface area contributed by atoms with Crippen LogP contribution in [0, 0.1) is 0 Å². The molecule has 0 fully saturated rings. The molecule has 62 valence electrons. The highest BCUT2D eigenvalue weighted by Crippen LogP contribution is 2.40. The Morgan fingerprint density at radius 1 is 1.64 bits per heavy atom. The van der Waals surface area contributed by atoms with E-state index in [4.69, 9.17) is 0 Å². The van der Waals surface area contributed by atoms with E-state index in [-0.39, 0.29) is 0 Å². The van der Waals surface area contributed by atoms with E-state index in [9.17, 15) is 0 Å². The molecule has 1 aliphatic rings. The Labute approximate surface area is 71.2 Å². The van der Waals surface area contributed by atoms with E-state index in [0.29, 0.717) is 0 Å². The molecule has 0 spiro atoms. The van der Waals surface area contributed by atoms with E-state index in [2.05, 4.69) is 33.8 Å². The highest BCUT2D eigenvalue weighted by atomic mass is 14.2. The van der Waals surface area contributed by atoms with Gasteiger partial charge in [-0.05, 0) is 19.2 Å². The maximum absolute atomic E-state index is 2.37. The lowest BCUT2D eigenvalue weighted by Crippen LogP contribution is -2.27. The fraction of sp³-hybridized carbons (Fsp3) is 0.800. The van der Waals surface area contributed by atoms with Crippen LogP contribution in [0.4, 0.5) is 0 Å². The summed E-state index contributed by atoms with van der Waals surface area (Å²) in [7, 11) is 0. The first kappa shape index (κ1) is 8.90. The summed E-state index contributed by atoms with van der Waals surface area (Å²) in [6, 6.07) is 0. The molecule has 0 saturated carbocycles. The van der Waals surface area contributed by atoms with Crippen molar-refractivity contribution >= 4 is 6.71 Å². The van der Waals surface area contributed by atoms with Gasteiger partial charge in [-0.2, -0.15) is 0 Å². The molecule has 0 aromatic heterocycles. The summed E-state index contributed by atoms with van der Waals surface area (Å²) in [5.41, 5.74) is 1.63. The number of hydrogen-bond acceptors (Lipinski definition) is 0. The molecule has 0 N–H and O–H groups in total. The normalized spacial score (nSPS) is 23.0. The number of allylic oxidation sites excluding steroid dienone is 2. The topological polar surface area (TPSA) is 0 Å². The maximum atomic E-state index is 2.37. The summed E-state index contributed by atoms with van der Waals surface area (Å²) >= 11 is 0. The Hall–Kier alpha value is -0.195. The number of rotatable bonds is 3. The van der Waals surface area contributed by atoms with Crippen LogP contribution < -0.4 is 0 Å². The molecule has 11 heavy (non-hydrogen) atoms. The molecule has 0 aromatic rings. The van der Waals surface area contributed by atoms with E-state index >= 15 is 0 Å². The van der Waals surface area contributed by atoms with Crippen molar-refractivity contribution in [3.63, 3.8) is 0 Å². The molecule has 0 radical (unpaired) electrons. The van der Waals surface area contributed by atoms with Gasteiger partial charge in [0.25, 0.3) is 0 Å². The summed E-state index contributed by atoms with van der Waals surface area (Å²) in [6.45, 7) is 10.2. The van der Waals surface area contributed by atoms with Crippen LogP contribution in [0.3, 0.4) is 0 Å². The minimum absolute atomic E-state index is 0.855. The van der Waals surface area contributed by atoms with Gasteiger partial charge < -0.3 is 0 Å². The van der Waals surface area contributed by atoms with Crippen LogP contribution in [0.25, 0.3) is 0 Å². The third kappa shape index (κ3) is 1.69. The Kier molecular flexibility index (Phi) is 2.81. The fourth-order valence-corrected chi connectivity index (χ4v) is 2.22. The second-order valence-corrected chi connectivity index (χ2v) is 4.11. The third-order valence-electron chi connectivity index (χ3n) is 3.12. The molecule has 0 aromatic carbocycles. The maximum Gasteiger partial charge on any atom is 0.150 e. The van der Waals surface area contributed by atoms with Gasteiger partial charge in [-0.25, -0.2) is 0 Å². The van der Waals surface area contributed by atoms with Gasteiger partial charge in [0.2, 0.25) is 0 Å². The predicted octanol–water partition coefficient (Wildman–Crippen LogP) is 3.63. The lowest BCUT2D eigenvalue weighted by molar-refractivity contribution is 0.811. The van der Waals surface area contributed by atoms with Crippen LogP contribution in [0.1, 0.15) is 34.1 Å².